The Bertz CT molecular complexity index is 686. The zero-order valence-electron chi connectivity index (χ0n) is 34.8. The molecule has 0 unspecified atom stereocenters. The molecule has 0 bridgehead atoms. The highest BCUT2D eigenvalue weighted by molar-refractivity contribution is 7.85. The Morgan fingerprint density at radius 2 is 0.480 bits per heavy atom. The van der Waals surface area contributed by atoms with Crippen molar-refractivity contribution in [3.63, 3.8) is 0 Å². The van der Waals surface area contributed by atoms with Gasteiger partial charge in [-0.05, 0) is 38.5 Å². The maximum atomic E-state index is 11.6. The van der Waals surface area contributed by atoms with Gasteiger partial charge >= 0.3 is 0 Å². The van der Waals surface area contributed by atoms with Gasteiger partial charge in [0.1, 0.15) is 0 Å². The second-order valence-electron chi connectivity index (χ2n) is 16.5. The van der Waals surface area contributed by atoms with Crippen LogP contribution in [-0.2, 0) is 10.1 Å². The van der Waals surface area contributed by atoms with Crippen LogP contribution in [0.3, 0.4) is 0 Å². The van der Waals surface area contributed by atoms with Crippen molar-refractivity contribution < 1.29 is 17.5 Å². The molecular formula is C45H93NO3S. The van der Waals surface area contributed by atoms with Crippen molar-refractivity contribution in [2.45, 2.75) is 258 Å². The molecule has 0 aromatic rings. The van der Waals surface area contributed by atoms with Crippen LogP contribution in [0.15, 0.2) is 0 Å². The molecule has 4 nitrogen and oxygen atoms in total. The second kappa shape index (κ2) is 38.6. The van der Waals surface area contributed by atoms with Crippen LogP contribution in [0, 0.1) is 0 Å². The largest absolute Gasteiger partial charge is 0.748 e. The lowest BCUT2D eigenvalue weighted by atomic mass is 10.0. The number of hydrogen-bond donors (Lipinski definition) is 0. The third kappa shape index (κ3) is 37.6. The van der Waals surface area contributed by atoms with Crippen LogP contribution >= 0.6 is 0 Å². The van der Waals surface area contributed by atoms with Gasteiger partial charge in [-0.15, -0.1) is 0 Å². The third-order valence-corrected chi connectivity index (χ3v) is 12.3. The number of unbranched alkanes of at least 4 members (excludes halogenated alkanes) is 33. The maximum Gasteiger partial charge on any atom is 0.0948 e. The van der Waals surface area contributed by atoms with Crippen LogP contribution in [0.5, 0.6) is 0 Å². The fourth-order valence-corrected chi connectivity index (χ4v) is 8.59. The van der Waals surface area contributed by atoms with Crippen molar-refractivity contribution in [3.8, 4) is 0 Å². The van der Waals surface area contributed by atoms with Gasteiger partial charge in [0.2, 0.25) is 0 Å². The van der Waals surface area contributed by atoms with E-state index in [0.29, 0.717) is 6.42 Å². The highest BCUT2D eigenvalue weighted by atomic mass is 32.2. The summed E-state index contributed by atoms with van der Waals surface area (Å²) in [5, 5.41) is 0. The third-order valence-electron chi connectivity index (χ3n) is 11.5. The van der Waals surface area contributed by atoms with Crippen LogP contribution in [-0.4, -0.2) is 49.4 Å². The minimum atomic E-state index is -4.15. The molecule has 0 aromatic heterocycles. The zero-order valence-corrected chi connectivity index (χ0v) is 35.6. The Kier molecular flexibility index (Phi) is 38.5. The predicted octanol–water partition coefficient (Wildman–Crippen LogP) is 14.8. The highest BCUT2D eigenvalue weighted by Gasteiger charge is 2.26. The maximum absolute atomic E-state index is 11.6. The van der Waals surface area contributed by atoms with Crippen molar-refractivity contribution in [2.24, 2.45) is 0 Å². The smallest absolute Gasteiger partial charge is 0.0948 e. The van der Waals surface area contributed by atoms with Crippen molar-refractivity contribution >= 4 is 10.1 Å². The van der Waals surface area contributed by atoms with Crippen molar-refractivity contribution in [2.75, 3.05) is 31.9 Å². The molecule has 0 radical (unpaired) electrons. The standard InChI is InChI=1S/C45H93NO3S/c1-4-7-10-13-16-19-22-25-28-31-34-37-41-46(44-40-45-50(47,48)49,42-38-35-32-29-26-23-20-17-14-11-8-5-2)43-39-36-33-30-27-24-21-18-15-12-9-6-3/h4-45H2,1-3H3. The van der Waals surface area contributed by atoms with E-state index in [4.69, 9.17) is 0 Å². The lowest BCUT2D eigenvalue weighted by Gasteiger charge is -2.40. The Morgan fingerprint density at radius 3 is 0.680 bits per heavy atom. The molecule has 0 N–H and O–H groups in total. The fraction of sp³-hybridized carbons (Fsp3) is 1.00. The summed E-state index contributed by atoms with van der Waals surface area (Å²) in [6.45, 7) is 11.3. The minimum absolute atomic E-state index is 0.192. The molecule has 0 heterocycles. The Labute approximate surface area is 316 Å². The minimum Gasteiger partial charge on any atom is -0.748 e. The number of rotatable bonds is 43. The SMILES string of the molecule is CCCCCCCCCCCCCC[N+](CCCCCCCCCCCCCC)(CCCCCCCCCCCCCC)CCCS(=O)(=O)[O-]. The Hall–Kier alpha value is -0.130. The van der Waals surface area contributed by atoms with Crippen LogP contribution < -0.4 is 0 Å². The first-order valence-electron chi connectivity index (χ1n) is 23.2. The van der Waals surface area contributed by atoms with Gasteiger partial charge in [-0.3, -0.25) is 0 Å². The first kappa shape index (κ1) is 49.9. The molecule has 0 saturated carbocycles. The fourth-order valence-electron chi connectivity index (χ4n) is 8.11. The van der Waals surface area contributed by atoms with Gasteiger partial charge in [0.15, 0.2) is 0 Å². The molecule has 0 aliphatic rings. The van der Waals surface area contributed by atoms with Gasteiger partial charge in [-0.1, -0.05) is 213 Å². The van der Waals surface area contributed by atoms with E-state index in [1.165, 1.54) is 251 Å². The molecule has 0 amide bonds. The summed E-state index contributed by atoms with van der Waals surface area (Å²) in [6.07, 6.45) is 49.7. The van der Waals surface area contributed by atoms with Gasteiger partial charge in [-0.2, -0.15) is 0 Å². The van der Waals surface area contributed by atoms with Crippen LogP contribution in [0.1, 0.15) is 258 Å². The summed E-state index contributed by atoms with van der Waals surface area (Å²) in [4.78, 5) is 0. The molecule has 5 heteroatoms. The highest BCUT2D eigenvalue weighted by Crippen LogP contribution is 2.21. The van der Waals surface area contributed by atoms with Crippen LogP contribution in [0.4, 0.5) is 0 Å². The van der Waals surface area contributed by atoms with Crippen molar-refractivity contribution in [3.05, 3.63) is 0 Å². The lowest BCUT2D eigenvalue weighted by molar-refractivity contribution is -0.928. The lowest BCUT2D eigenvalue weighted by Crippen LogP contribution is -2.51. The molecule has 0 spiro atoms. The van der Waals surface area contributed by atoms with E-state index in [-0.39, 0.29) is 5.75 Å². The number of hydrogen-bond acceptors (Lipinski definition) is 3. The van der Waals surface area contributed by atoms with Crippen molar-refractivity contribution in [1.29, 1.82) is 0 Å². The Balaban J connectivity index is 4.76. The average Bonchev–Trinajstić information content (AvgIpc) is 3.09. The summed E-state index contributed by atoms with van der Waals surface area (Å²) in [5.74, 6) is -0.192. The molecule has 0 rings (SSSR count). The molecule has 0 aliphatic heterocycles. The van der Waals surface area contributed by atoms with E-state index in [9.17, 15) is 13.0 Å². The predicted molar refractivity (Wildman–Crippen MR) is 222 cm³/mol. The molecule has 0 aliphatic carbocycles. The van der Waals surface area contributed by atoms with Crippen LogP contribution in [0.2, 0.25) is 0 Å². The van der Waals surface area contributed by atoms with Gasteiger partial charge in [0, 0.05) is 12.2 Å². The Morgan fingerprint density at radius 1 is 0.300 bits per heavy atom. The number of nitrogens with zero attached hydrogens (tertiary/aromatic N) is 1. The molecule has 50 heavy (non-hydrogen) atoms. The first-order valence-corrected chi connectivity index (χ1v) is 24.8. The molecule has 0 atom stereocenters. The summed E-state index contributed by atoms with van der Waals surface area (Å²) in [5.41, 5.74) is 0. The summed E-state index contributed by atoms with van der Waals surface area (Å²) >= 11 is 0. The zero-order chi connectivity index (χ0) is 36.7. The second-order valence-corrected chi connectivity index (χ2v) is 18.0. The normalized spacial score (nSPS) is 12.3. The summed E-state index contributed by atoms with van der Waals surface area (Å²) in [6, 6.07) is 0. The molecule has 0 aromatic carbocycles. The monoisotopic (exact) mass is 728 g/mol. The van der Waals surface area contributed by atoms with E-state index in [0.717, 1.165) is 11.0 Å². The quantitative estimate of drug-likeness (QED) is 0.0357. The van der Waals surface area contributed by atoms with E-state index in [2.05, 4.69) is 20.8 Å². The van der Waals surface area contributed by atoms with Gasteiger partial charge in [0.25, 0.3) is 0 Å². The topological polar surface area (TPSA) is 57.2 Å². The van der Waals surface area contributed by atoms with E-state index >= 15 is 0 Å². The van der Waals surface area contributed by atoms with Crippen LogP contribution in [0.25, 0.3) is 0 Å². The van der Waals surface area contributed by atoms with Crippen molar-refractivity contribution in [1.82, 2.24) is 0 Å². The number of quaternary nitrogens is 1. The van der Waals surface area contributed by atoms with Gasteiger partial charge in [0.05, 0.1) is 36.3 Å². The van der Waals surface area contributed by atoms with E-state index in [1.807, 2.05) is 0 Å². The molecular weight excluding hydrogens is 635 g/mol. The van der Waals surface area contributed by atoms with Gasteiger partial charge < -0.3 is 9.04 Å². The summed E-state index contributed by atoms with van der Waals surface area (Å²) in [7, 11) is -4.15. The first-order chi connectivity index (χ1) is 24.4. The summed E-state index contributed by atoms with van der Waals surface area (Å²) < 4.78 is 35.8. The van der Waals surface area contributed by atoms with E-state index in [1.54, 1.807) is 0 Å². The molecule has 0 fully saturated rings. The van der Waals surface area contributed by atoms with Gasteiger partial charge in [-0.25, -0.2) is 8.42 Å². The molecule has 0 saturated heterocycles. The molecule has 302 valence electrons. The average molecular weight is 728 g/mol. The van der Waals surface area contributed by atoms with E-state index < -0.39 is 10.1 Å².